The molecule has 74 valence electrons. The third-order valence-corrected chi connectivity index (χ3v) is 2.11. The van der Waals surface area contributed by atoms with E-state index in [0.717, 1.165) is 19.6 Å². The SMILES string of the molecule is CC1CN(C(=O)/C=C/CN(C)C)C1. The molecule has 1 rings (SSSR count). The zero-order valence-electron chi connectivity index (χ0n) is 8.66. The van der Waals surface area contributed by atoms with Gasteiger partial charge in [0.05, 0.1) is 0 Å². The molecule has 3 heteroatoms. The molecule has 0 bridgehead atoms. The maximum atomic E-state index is 11.4. The highest BCUT2D eigenvalue weighted by Crippen LogP contribution is 2.13. The van der Waals surface area contributed by atoms with Crippen LogP contribution >= 0.6 is 0 Å². The number of amides is 1. The number of hydrogen-bond acceptors (Lipinski definition) is 2. The third-order valence-electron chi connectivity index (χ3n) is 2.11. The smallest absolute Gasteiger partial charge is 0.246 e. The number of likely N-dealkylation sites (N-methyl/N-ethyl adjacent to an activating group) is 1. The van der Waals surface area contributed by atoms with Gasteiger partial charge in [0, 0.05) is 25.7 Å². The first-order valence-electron chi connectivity index (χ1n) is 4.69. The summed E-state index contributed by atoms with van der Waals surface area (Å²) in [5.41, 5.74) is 0. The van der Waals surface area contributed by atoms with E-state index in [4.69, 9.17) is 0 Å². The van der Waals surface area contributed by atoms with Crippen LogP contribution in [0.5, 0.6) is 0 Å². The van der Waals surface area contributed by atoms with Gasteiger partial charge in [-0.05, 0) is 20.0 Å². The maximum Gasteiger partial charge on any atom is 0.246 e. The zero-order valence-corrected chi connectivity index (χ0v) is 8.66. The van der Waals surface area contributed by atoms with Crippen molar-refractivity contribution in [2.75, 3.05) is 33.7 Å². The lowest BCUT2D eigenvalue weighted by Gasteiger charge is -2.36. The Morgan fingerprint density at radius 3 is 2.62 bits per heavy atom. The van der Waals surface area contributed by atoms with E-state index < -0.39 is 0 Å². The van der Waals surface area contributed by atoms with E-state index >= 15 is 0 Å². The van der Waals surface area contributed by atoms with Crippen molar-refractivity contribution in [2.24, 2.45) is 5.92 Å². The Morgan fingerprint density at radius 1 is 1.54 bits per heavy atom. The van der Waals surface area contributed by atoms with Gasteiger partial charge in [0.1, 0.15) is 0 Å². The van der Waals surface area contributed by atoms with E-state index in [2.05, 4.69) is 6.92 Å². The molecule has 3 nitrogen and oxygen atoms in total. The number of rotatable bonds is 3. The summed E-state index contributed by atoms with van der Waals surface area (Å²) >= 11 is 0. The highest BCUT2D eigenvalue weighted by Gasteiger charge is 2.24. The fourth-order valence-corrected chi connectivity index (χ4v) is 1.35. The summed E-state index contributed by atoms with van der Waals surface area (Å²) < 4.78 is 0. The molecule has 1 saturated heterocycles. The normalized spacial score (nSPS) is 18.3. The molecule has 1 aliphatic rings. The van der Waals surface area contributed by atoms with Crippen molar-refractivity contribution in [3.05, 3.63) is 12.2 Å². The summed E-state index contributed by atoms with van der Waals surface area (Å²) in [5, 5.41) is 0. The topological polar surface area (TPSA) is 23.6 Å². The average molecular weight is 182 g/mol. The Morgan fingerprint density at radius 2 is 2.15 bits per heavy atom. The van der Waals surface area contributed by atoms with Crippen molar-refractivity contribution in [3.63, 3.8) is 0 Å². The van der Waals surface area contributed by atoms with Crippen LogP contribution in [-0.4, -0.2) is 49.4 Å². The van der Waals surface area contributed by atoms with Gasteiger partial charge in [-0.25, -0.2) is 0 Å². The molecule has 1 amide bonds. The fourth-order valence-electron chi connectivity index (χ4n) is 1.35. The maximum absolute atomic E-state index is 11.4. The van der Waals surface area contributed by atoms with Gasteiger partial charge in [-0.1, -0.05) is 13.0 Å². The highest BCUT2D eigenvalue weighted by atomic mass is 16.2. The van der Waals surface area contributed by atoms with E-state index in [1.165, 1.54) is 0 Å². The lowest BCUT2D eigenvalue weighted by atomic mass is 10.0. The standard InChI is InChI=1S/C10H18N2O/c1-9-7-12(8-9)10(13)5-4-6-11(2)3/h4-5,9H,6-8H2,1-3H3/b5-4+. The van der Waals surface area contributed by atoms with E-state index in [9.17, 15) is 4.79 Å². The average Bonchev–Trinajstić information content (AvgIpc) is 1.97. The molecule has 0 atom stereocenters. The van der Waals surface area contributed by atoms with Crippen LogP contribution in [0.15, 0.2) is 12.2 Å². The number of likely N-dealkylation sites (tertiary alicyclic amines) is 1. The number of carbonyl (C=O) groups excluding carboxylic acids is 1. The minimum absolute atomic E-state index is 0.153. The lowest BCUT2D eigenvalue weighted by molar-refractivity contribution is -0.131. The first-order chi connectivity index (χ1) is 6.09. The van der Waals surface area contributed by atoms with Crippen molar-refractivity contribution in [2.45, 2.75) is 6.92 Å². The third kappa shape index (κ3) is 3.19. The van der Waals surface area contributed by atoms with E-state index in [0.29, 0.717) is 5.92 Å². The minimum atomic E-state index is 0.153. The van der Waals surface area contributed by atoms with Crippen LogP contribution in [0, 0.1) is 5.92 Å². The van der Waals surface area contributed by atoms with E-state index in [1.807, 2.05) is 30.0 Å². The van der Waals surface area contributed by atoms with Crippen molar-refractivity contribution in [3.8, 4) is 0 Å². The summed E-state index contributed by atoms with van der Waals surface area (Å²) in [6, 6.07) is 0. The molecule has 1 fully saturated rings. The molecule has 0 aliphatic carbocycles. The predicted octanol–water partition coefficient (Wildman–Crippen LogP) is 0.583. The molecule has 0 aromatic heterocycles. The van der Waals surface area contributed by atoms with Gasteiger partial charge in [0.2, 0.25) is 5.91 Å². The Kier molecular flexibility index (Phi) is 3.48. The first-order valence-corrected chi connectivity index (χ1v) is 4.69. The quantitative estimate of drug-likeness (QED) is 0.596. The molecule has 1 aliphatic heterocycles. The van der Waals surface area contributed by atoms with Gasteiger partial charge in [0.15, 0.2) is 0 Å². The summed E-state index contributed by atoms with van der Waals surface area (Å²) in [6.07, 6.45) is 3.58. The molecule has 0 spiro atoms. The van der Waals surface area contributed by atoms with Gasteiger partial charge in [0.25, 0.3) is 0 Å². The van der Waals surface area contributed by atoms with Crippen molar-refractivity contribution in [1.82, 2.24) is 9.80 Å². The Bertz CT molecular complexity index is 205. The molecule has 13 heavy (non-hydrogen) atoms. The molecule has 0 aromatic carbocycles. The van der Waals surface area contributed by atoms with Crippen LogP contribution in [0.4, 0.5) is 0 Å². The number of hydrogen-bond donors (Lipinski definition) is 0. The molecule has 0 radical (unpaired) electrons. The second-order valence-electron chi connectivity index (χ2n) is 4.01. The summed E-state index contributed by atoms with van der Waals surface area (Å²) in [6.45, 7) is 4.83. The Labute approximate surface area is 80.0 Å². The second kappa shape index (κ2) is 4.42. The largest absolute Gasteiger partial charge is 0.339 e. The van der Waals surface area contributed by atoms with Gasteiger partial charge in [-0.2, -0.15) is 0 Å². The second-order valence-corrected chi connectivity index (χ2v) is 4.01. The van der Waals surface area contributed by atoms with Crippen molar-refractivity contribution >= 4 is 5.91 Å². The molecule has 0 saturated carbocycles. The van der Waals surface area contributed by atoms with E-state index in [1.54, 1.807) is 6.08 Å². The molecule has 1 heterocycles. The van der Waals surface area contributed by atoms with Gasteiger partial charge < -0.3 is 9.80 Å². The predicted molar refractivity (Wildman–Crippen MR) is 53.4 cm³/mol. The number of carbonyl (C=O) groups is 1. The monoisotopic (exact) mass is 182 g/mol. The van der Waals surface area contributed by atoms with Crippen LogP contribution in [0.1, 0.15) is 6.92 Å². The summed E-state index contributed by atoms with van der Waals surface area (Å²) in [5.74, 6) is 0.839. The van der Waals surface area contributed by atoms with Crippen molar-refractivity contribution < 1.29 is 4.79 Å². The fraction of sp³-hybridized carbons (Fsp3) is 0.700. The van der Waals surface area contributed by atoms with Crippen LogP contribution in [0.3, 0.4) is 0 Å². The molecule has 0 N–H and O–H groups in total. The molecular formula is C10H18N2O. The first kappa shape index (κ1) is 10.3. The van der Waals surface area contributed by atoms with Crippen molar-refractivity contribution in [1.29, 1.82) is 0 Å². The highest BCUT2D eigenvalue weighted by molar-refractivity contribution is 5.88. The molecule has 0 aromatic rings. The van der Waals surface area contributed by atoms with Gasteiger partial charge >= 0.3 is 0 Å². The van der Waals surface area contributed by atoms with E-state index in [-0.39, 0.29) is 5.91 Å². The Hall–Kier alpha value is -0.830. The lowest BCUT2D eigenvalue weighted by Crippen LogP contribution is -2.47. The summed E-state index contributed by atoms with van der Waals surface area (Å²) in [7, 11) is 3.97. The minimum Gasteiger partial charge on any atom is -0.339 e. The number of nitrogens with zero attached hydrogens (tertiary/aromatic N) is 2. The van der Waals surface area contributed by atoms with Gasteiger partial charge in [-0.3, -0.25) is 4.79 Å². The van der Waals surface area contributed by atoms with Crippen LogP contribution in [0.2, 0.25) is 0 Å². The van der Waals surface area contributed by atoms with Crippen LogP contribution in [0.25, 0.3) is 0 Å². The molecular weight excluding hydrogens is 164 g/mol. The van der Waals surface area contributed by atoms with Gasteiger partial charge in [-0.15, -0.1) is 0 Å². The Balaban J connectivity index is 2.21. The molecule has 0 unspecified atom stereocenters. The van der Waals surface area contributed by atoms with Crippen LogP contribution in [-0.2, 0) is 4.79 Å². The van der Waals surface area contributed by atoms with Crippen LogP contribution < -0.4 is 0 Å². The summed E-state index contributed by atoms with van der Waals surface area (Å²) in [4.78, 5) is 15.3. The zero-order chi connectivity index (χ0) is 9.84.